The zero-order valence-corrected chi connectivity index (χ0v) is 12.1. The number of hydrogen-bond donors (Lipinski definition) is 1. The van der Waals surface area contributed by atoms with Gasteiger partial charge in [0, 0.05) is 12.5 Å². The Kier molecular flexibility index (Phi) is 2.44. The van der Waals surface area contributed by atoms with Crippen molar-refractivity contribution in [3.05, 3.63) is 10.6 Å². The second-order valence-corrected chi connectivity index (χ2v) is 7.76. The van der Waals surface area contributed by atoms with E-state index in [1.54, 1.807) is 0 Å². The minimum absolute atomic E-state index is 0.241. The SMILES string of the molecule is CNc1nc(C23CC4CC(CC(C4)C2)C3)c(C#N)s1. The fourth-order valence-electron chi connectivity index (χ4n) is 5.26. The molecule has 0 radical (unpaired) electrons. The molecule has 3 nitrogen and oxygen atoms in total. The van der Waals surface area contributed by atoms with Gasteiger partial charge in [0.2, 0.25) is 0 Å². The number of thiazole rings is 1. The molecule has 0 unspecified atom stereocenters. The van der Waals surface area contributed by atoms with E-state index in [-0.39, 0.29) is 5.41 Å². The van der Waals surface area contributed by atoms with Crippen LogP contribution in [0.4, 0.5) is 5.13 Å². The van der Waals surface area contributed by atoms with Crippen LogP contribution in [0.1, 0.15) is 49.1 Å². The van der Waals surface area contributed by atoms with Crippen LogP contribution in [-0.2, 0) is 5.41 Å². The van der Waals surface area contributed by atoms with Crippen LogP contribution in [0.15, 0.2) is 0 Å². The average Bonchev–Trinajstić information content (AvgIpc) is 2.81. The third-order valence-electron chi connectivity index (χ3n) is 5.48. The van der Waals surface area contributed by atoms with Gasteiger partial charge in [0.15, 0.2) is 5.13 Å². The molecular formula is C15H19N3S. The van der Waals surface area contributed by atoms with Crippen LogP contribution in [0.2, 0.25) is 0 Å². The molecule has 0 amide bonds. The number of aromatic nitrogens is 1. The van der Waals surface area contributed by atoms with Gasteiger partial charge in [0.1, 0.15) is 10.9 Å². The van der Waals surface area contributed by atoms with Gasteiger partial charge >= 0.3 is 0 Å². The normalized spacial score (nSPS) is 39.3. The van der Waals surface area contributed by atoms with Crippen LogP contribution in [0.3, 0.4) is 0 Å². The van der Waals surface area contributed by atoms with Crippen molar-refractivity contribution in [2.75, 3.05) is 12.4 Å². The summed E-state index contributed by atoms with van der Waals surface area (Å²) in [4.78, 5) is 5.63. The van der Waals surface area contributed by atoms with E-state index in [2.05, 4.69) is 11.4 Å². The molecule has 1 aromatic rings. The Bertz CT molecular complexity index is 519. The molecule has 19 heavy (non-hydrogen) atoms. The lowest BCUT2D eigenvalue weighted by molar-refractivity contribution is -0.00699. The van der Waals surface area contributed by atoms with Gasteiger partial charge in [0.25, 0.3) is 0 Å². The molecule has 4 saturated carbocycles. The molecule has 4 bridgehead atoms. The predicted molar refractivity (Wildman–Crippen MR) is 76.2 cm³/mol. The van der Waals surface area contributed by atoms with E-state index in [0.717, 1.165) is 33.5 Å². The minimum Gasteiger partial charge on any atom is -0.365 e. The molecule has 4 heteroatoms. The first-order valence-corrected chi connectivity index (χ1v) is 8.13. The van der Waals surface area contributed by atoms with Crippen molar-refractivity contribution in [3.8, 4) is 6.07 Å². The molecule has 1 heterocycles. The van der Waals surface area contributed by atoms with Gasteiger partial charge in [0.05, 0.1) is 5.69 Å². The number of nitriles is 1. The second-order valence-electron chi connectivity index (χ2n) is 6.76. The molecule has 1 N–H and O–H groups in total. The van der Waals surface area contributed by atoms with Crippen molar-refractivity contribution >= 4 is 16.5 Å². The molecule has 4 aliphatic carbocycles. The minimum atomic E-state index is 0.241. The fourth-order valence-corrected chi connectivity index (χ4v) is 6.10. The maximum Gasteiger partial charge on any atom is 0.183 e. The molecule has 0 spiro atoms. The topological polar surface area (TPSA) is 48.7 Å². The highest BCUT2D eigenvalue weighted by atomic mass is 32.1. The highest BCUT2D eigenvalue weighted by Crippen LogP contribution is 2.61. The smallest absolute Gasteiger partial charge is 0.183 e. The van der Waals surface area contributed by atoms with Gasteiger partial charge in [-0.25, -0.2) is 4.98 Å². The lowest BCUT2D eigenvalue weighted by atomic mass is 9.48. The quantitative estimate of drug-likeness (QED) is 0.896. The van der Waals surface area contributed by atoms with E-state index in [9.17, 15) is 5.26 Å². The molecular weight excluding hydrogens is 254 g/mol. The predicted octanol–water partition coefficient (Wildman–Crippen LogP) is 3.52. The number of anilines is 1. The third kappa shape index (κ3) is 1.64. The second kappa shape index (κ2) is 3.96. The maximum atomic E-state index is 9.42. The summed E-state index contributed by atoms with van der Waals surface area (Å²) < 4.78 is 0. The van der Waals surface area contributed by atoms with Crippen LogP contribution in [0, 0.1) is 29.1 Å². The van der Waals surface area contributed by atoms with E-state index in [0.29, 0.717) is 0 Å². The Balaban J connectivity index is 1.79. The van der Waals surface area contributed by atoms with E-state index in [1.165, 1.54) is 49.9 Å². The number of hydrogen-bond acceptors (Lipinski definition) is 4. The summed E-state index contributed by atoms with van der Waals surface area (Å²) in [6.45, 7) is 0. The van der Waals surface area contributed by atoms with Crippen LogP contribution in [0.5, 0.6) is 0 Å². The highest BCUT2D eigenvalue weighted by Gasteiger charge is 2.53. The summed E-state index contributed by atoms with van der Waals surface area (Å²) in [5.74, 6) is 2.70. The summed E-state index contributed by atoms with van der Waals surface area (Å²) in [6.07, 6.45) is 8.14. The monoisotopic (exact) mass is 273 g/mol. The van der Waals surface area contributed by atoms with E-state index in [1.807, 2.05) is 7.05 Å². The van der Waals surface area contributed by atoms with Gasteiger partial charge in [-0.3, -0.25) is 0 Å². The third-order valence-corrected chi connectivity index (χ3v) is 6.46. The van der Waals surface area contributed by atoms with Crippen LogP contribution < -0.4 is 5.32 Å². The van der Waals surface area contributed by atoms with Gasteiger partial charge in [-0.1, -0.05) is 11.3 Å². The summed E-state index contributed by atoms with van der Waals surface area (Å²) in [7, 11) is 1.89. The largest absolute Gasteiger partial charge is 0.365 e. The maximum absolute atomic E-state index is 9.42. The van der Waals surface area contributed by atoms with Crippen molar-refractivity contribution < 1.29 is 0 Å². The summed E-state index contributed by atoms with van der Waals surface area (Å²) in [6, 6.07) is 2.39. The molecule has 4 fully saturated rings. The molecule has 0 atom stereocenters. The van der Waals surface area contributed by atoms with Crippen LogP contribution in [0.25, 0.3) is 0 Å². The summed E-state index contributed by atoms with van der Waals surface area (Å²) in [5.41, 5.74) is 1.37. The molecule has 4 aliphatic rings. The Morgan fingerprint density at radius 3 is 2.26 bits per heavy atom. The van der Waals surface area contributed by atoms with Crippen molar-refractivity contribution in [2.45, 2.75) is 43.9 Å². The van der Waals surface area contributed by atoms with Crippen molar-refractivity contribution in [1.82, 2.24) is 4.98 Å². The first-order valence-electron chi connectivity index (χ1n) is 7.31. The first-order chi connectivity index (χ1) is 9.22. The highest BCUT2D eigenvalue weighted by molar-refractivity contribution is 7.16. The van der Waals surface area contributed by atoms with Crippen LogP contribution >= 0.6 is 11.3 Å². The van der Waals surface area contributed by atoms with Gasteiger partial charge in [-0.15, -0.1) is 0 Å². The molecule has 1 aromatic heterocycles. The Morgan fingerprint density at radius 2 is 1.79 bits per heavy atom. The first kappa shape index (κ1) is 11.7. The number of nitrogens with zero attached hydrogens (tertiary/aromatic N) is 2. The molecule has 0 aromatic carbocycles. The Labute approximate surface area is 118 Å². The van der Waals surface area contributed by atoms with Crippen molar-refractivity contribution in [2.24, 2.45) is 17.8 Å². The standard InChI is InChI=1S/C15H19N3S/c1-17-14-18-13(12(8-16)19-14)15-5-9-2-10(6-15)4-11(3-9)7-15/h9-11H,2-7H2,1H3,(H,17,18). The van der Waals surface area contributed by atoms with E-state index < -0.39 is 0 Å². The lowest BCUT2D eigenvalue weighted by Crippen LogP contribution is -2.49. The molecule has 5 rings (SSSR count). The van der Waals surface area contributed by atoms with Gasteiger partial charge in [-0.2, -0.15) is 5.26 Å². The summed E-state index contributed by atoms with van der Waals surface area (Å²) in [5, 5.41) is 13.4. The van der Waals surface area contributed by atoms with E-state index in [4.69, 9.17) is 4.98 Å². The average molecular weight is 273 g/mol. The van der Waals surface area contributed by atoms with E-state index >= 15 is 0 Å². The van der Waals surface area contributed by atoms with Gasteiger partial charge < -0.3 is 5.32 Å². The molecule has 100 valence electrons. The number of nitrogens with one attached hydrogen (secondary N) is 1. The van der Waals surface area contributed by atoms with Crippen LogP contribution in [-0.4, -0.2) is 12.0 Å². The Morgan fingerprint density at radius 1 is 1.21 bits per heavy atom. The zero-order valence-electron chi connectivity index (χ0n) is 11.3. The number of rotatable bonds is 2. The van der Waals surface area contributed by atoms with Crippen molar-refractivity contribution in [1.29, 1.82) is 5.26 Å². The Hall–Kier alpha value is -1.08. The summed E-state index contributed by atoms with van der Waals surface area (Å²) >= 11 is 1.53. The zero-order chi connectivity index (χ0) is 13.0. The molecule has 0 aliphatic heterocycles. The lowest BCUT2D eigenvalue weighted by Gasteiger charge is -2.56. The van der Waals surface area contributed by atoms with Gasteiger partial charge in [-0.05, 0) is 56.3 Å². The van der Waals surface area contributed by atoms with Crippen molar-refractivity contribution in [3.63, 3.8) is 0 Å². The molecule has 0 saturated heterocycles. The fraction of sp³-hybridized carbons (Fsp3) is 0.733.